The zero-order valence-electron chi connectivity index (χ0n) is 25.8. The molecule has 2 aromatic carbocycles. The number of carbonyl (C=O) groups excluding carboxylic acids is 1. The van der Waals surface area contributed by atoms with Gasteiger partial charge in [0.2, 0.25) is 0 Å². The van der Waals surface area contributed by atoms with E-state index in [2.05, 4.69) is 56.6 Å². The standard InChI is InChI=1S/C36H44N2O4S/c1-5-6-7-8-9-22-42-30-20-16-28(17-21-30)34-38-32(24-43-34)26-12-10-25(11-13-26)23-31(35(40)41)37-33(39)27-14-18-29(19-15-27)36(2,3)4/h10,12-21,24-25,31H,5-9,11,22-23H2,1-4H3,(H,37,39)(H,40,41)/t25?,31-/m0/s1. The number of thiazole rings is 1. The van der Waals surface area contributed by atoms with Gasteiger partial charge in [-0.15, -0.1) is 11.3 Å². The van der Waals surface area contributed by atoms with Gasteiger partial charge in [-0.25, -0.2) is 9.78 Å². The first-order chi connectivity index (χ1) is 20.6. The van der Waals surface area contributed by atoms with E-state index in [1.54, 1.807) is 23.5 Å². The van der Waals surface area contributed by atoms with Crippen LogP contribution in [0.1, 0.15) is 94.3 Å². The summed E-state index contributed by atoms with van der Waals surface area (Å²) in [7, 11) is 0. The van der Waals surface area contributed by atoms with Crippen LogP contribution in [0, 0.1) is 5.92 Å². The first-order valence-electron chi connectivity index (χ1n) is 15.4. The Bertz CT molecular complexity index is 1410. The first-order valence-corrected chi connectivity index (χ1v) is 16.2. The summed E-state index contributed by atoms with van der Waals surface area (Å²) < 4.78 is 5.89. The number of aromatic nitrogens is 1. The van der Waals surface area contributed by atoms with Crippen LogP contribution in [0.2, 0.25) is 0 Å². The number of benzene rings is 2. The third-order valence-electron chi connectivity index (χ3n) is 7.76. The number of nitrogens with one attached hydrogen (secondary N) is 1. The summed E-state index contributed by atoms with van der Waals surface area (Å²) in [5.74, 6) is -0.517. The summed E-state index contributed by atoms with van der Waals surface area (Å²) in [6.07, 6.45) is 13.2. The van der Waals surface area contributed by atoms with Crippen molar-refractivity contribution in [2.24, 2.45) is 5.92 Å². The molecule has 0 fully saturated rings. The summed E-state index contributed by atoms with van der Waals surface area (Å²) in [6.45, 7) is 9.30. The van der Waals surface area contributed by atoms with Gasteiger partial charge in [-0.1, -0.05) is 83.7 Å². The highest BCUT2D eigenvalue weighted by Crippen LogP contribution is 2.32. The smallest absolute Gasteiger partial charge is 0.326 e. The monoisotopic (exact) mass is 600 g/mol. The molecule has 3 aromatic rings. The lowest BCUT2D eigenvalue weighted by Gasteiger charge is -2.22. The number of rotatable bonds is 14. The SMILES string of the molecule is CCCCCCCOc1ccc(-c2nc(C3=CCC(C[C@H](NC(=O)c4ccc(C(C)(C)C)cc4)C(=O)O)C=C3)cs2)cc1. The molecule has 43 heavy (non-hydrogen) atoms. The van der Waals surface area contributed by atoms with E-state index < -0.39 is 12.0 Å². The number of carbonyl (C=O) groups is 2. The van der Waals surface area contributed by atoms with Crippen molar-refractivity contribution in [1.29, 1.82) is 0 Å². The van der Waals surface area contributed by atoms with Crippen molar-refractivity contribution in [2.75, 3.05) is 6.61 Å². The number of unbranched alkanes of at least 4 members (excludes halogenated alkanes) is 4. The third-order valence-corrected chi connectivity index (χ3v) is 8.65. The molecule has 1 aromatic heterocycles. The summed E-state index contributed by atoms with van der Waals surface area (Å²) in [6, 6.07) is 14.5. The van der Waals surface area contributed by atoms with Gasteiger partial charge in [-0.2, -0.15) is 0 Å². The summed E-state index contributed by atoms with van der Waals surface area (Å²) in [5.41, 5.74) is 4.54. The van der Waals surface area contributed by atoms with Gasteiger partial charge in [0, 0.05) is 16.5 Å². The molecule has 1 aliphatic rings. The Morgan fingerprint density at radius 3 is 2.40 bits per heavy atom. The molecule has 0 bridgehead atoms. The maximum absolute atomic E-state index is 12.8. The maximum atomic E-state index is 12.8. The fourth-order valence-electron chi connectivity index (χ4n) is 5.05. The minimum Gasteiger partial charge on any atom is -0.494 e. The van der Waals surface area contributed by atoms with E-state index in [1.807, 2.05) is 36.4 Å². The van der Waals surface area contributed by atoms with Gasteiger partial charge < -0.3 is 15.2 Å². The number of aliphatic carboxylic acids is 1. The number of amides is 1. The topological polar surface area (TPSA) is 88.5 Å². The Kier molecular flexibility index (Phi) is 11.3. The van der Waals surface area contributed by atoms with Crippen LogP contribution in [0.25, 0.3) is 16.1 Å². The molecule has 6 nitrogen and oxygen atoms in total. The highest BCUT2D eigenvalue weighted by atomic mass is 32.1. The van der Waals surface area contributed by atoms with E-state index in [0.717, 1.165) is 46.2 Å². The lowest BCUT2D eigenvalue weighted by molar-refractivity contribution is -0.139. The molecule has 0 saturated carbocycles. The Labute approximate surface area is 259 Å². The molecular formula is C36H44N2O4S. The molecule has 1 heterocycles. The van der Waals surface area contributed by atoms with Gasteiger partial charge in [0.1, 0.15) is 16.8 Å². The lowest BCUT2D eigenvalue weighted by Crippen LogP contribution is -2.42. The van der Waals surface area contributed by atoms with Crippen molar-refractivity contribution in [1.82, 2.24) is 10.3 Å². The second-order valence-corrected chi connectivity index (χ2v) is 13.1. The van der Waals surface area contributed by atoms with E-state index in [1.165, 1.54) is 25.7 Å². The van der Waals surface area contributed by atoms with Crippen molar-refractivity contribution in [3.63, 3.8) is 0 Å². The van der Waals surface area contributed by atoms with Crippen LogP contribution in [-0.4, -0.2) is 34.6 Å². The normalized spacial score (nSPS) is 15.5. The number of nitrogens with zero attached hydrogens (tertiary/aromatic N) is 1. The highest BCUT2D eigenvalue weighted by molar-refractivity contribution is 7.13. The van der Waals surface area contributed by atoms with E-state index in [9.17, 15) is 14.7 Å². The quantitative estimate of drug-likeness (QED) is 0.181. The van der Waals surface area contributed by atoms with Crippen LogP contribution >= 0.6 is 11.3 Å². The van der Waals surface area contributed by atoms with Crippen LogP contribution in [0.15, 0.2) is 72.1 Å². The molecular weight excluding hydrogens is 556 g/mol. The van der Waals surface area contributed by atoms with Gasteiger partial charge in [0.15, 0.2) is 0 Å². The molecule has 0 spiro atoms. The zero-order chi connectivity index (χ0) is 30.8. The molecule has 2 N–H and O–H groups in total. The number of hydrogen-bond acceptors (Lipinski definition) is 5. The van der Waals surface area contributed by atoms with Gasteiger partial charge in [-0.05, 0) is 78.1 Å². The van der Waals surface area contributed by atoms with Crippen molar-refractivity contribution < 1.29 is 19.4 Å². The summed E-state index contributed by atoms with van der Waals surface area (Å²) >= 11 is 1.60. The maximum Gasteiger partial charge on any atom is 0.326 e. The van der Waals surface area contributed by atoms with Crippen LogP contribution in [0.5, 0.6) is 5.75 Å². The largest absolute Gasteiger partial charge is 0.494 e. The number of carboxylic acid groups (broad SMARTS) is 1. The predicted molar refractivity (Wildman–Crippen MR) is 176 cm³/mol. The highest BCUT2D eigenvalue weighted by Gasteiger charge is 2.25. The Morgan fingerprint density at radius 2 is 1.77 bits per heavy atom. The molecule has 0 saturated heterocycles. The zero-order valence-corrected chi connectivity index (χ0v) is 26.6. The third kappa shape index (κ3) is 9.39. The molecule has 1 aliphatic carbocycles. The van der Waals surface area contributed by atoms with Gasteiger partial charge >= 0.3 is 5.97 Å². The summed E-state index contributed by atoms with van der Waals surface area (Å²) in [5, 5.41) is 15.5. The number of allylic oxidation sites excluding steroid dienone is 4. The van der Waals surface area contributed by atoms with Gasteiger partial charge in [0.05, 0.1) is 12.3 Å². The Balaban J connectivity index is 1.28. The fraction of sp³-hybridized carbons (Fsp3) is 0.417. The Morgan fingerprint density at radius 1 is 1.05 bits per heavy atom. The second-order valence-electron chi connectivity index (χ2n) is 12.3. The van der Waals surface area contributed by atoms with E-state index in [-0.39, 0.29) is 17.2 Å². The number of ether oxygens (including phenoxy) is 1. The average Bonchev–Trinajstić information content (AvgIpc) is 3.49. The van der Waals surface area contributed by atoms with E-state index in [4.69, 9.17) is 9.72 Å². The van der Waals surface area contributed by atoms with Crippen LogP contribution in [-0.2, 0) is 10.2 Å². The van der Waals surface area contributed by atoms with E-state index >= 15 is 0 Å². The molecule has 0 radical (unpaired) electrons. The van der Waals surface area contributed by atoms with Crippen LogP contribution in [0.4, 0.5) is 0 Å². The number of carboxylic acids is 1. The predicted octanol–water partition coefficient (Wildman–Crippen LogP) is 8.69. The lowest BCUT2D eigenvalue weighted by atomic mass is 9.86. The van der Waals surface area contributed by atoms with Crippen molar-refractivity contribution in [3.05, 3.63) is 89.0 Å². The average molecular weight is 601 g/mol. The Hall–Kier alpha value is -3.71. The molecule has 7 heteroatoms. The first kappa shape index (κ1) is 32.2. The van der Waals surface area contributed by atoms with Crippen LogP contribution < -0.4 is 10.1 Å². The fourth-order valence-corrected chi connectivity index (χ4v) is 5.88. The van der Waals surface area contributed by atoms with Gasteiger partial charge in [-0.3, -0.25) is 4.79 Å². The minimum absolute atomic E-state index is 0.00529. The van der Waals surface area contributed by atoms with Crippen molar-refractivity contribution in [3.8, 4) is 16.3 Å². The molecule has 2 atom stereocenters. The van der Waals surface area contributed by atoms with Crippen LogP contribution in [0.3, 0.4) is 0 Å². The summed E-state index contributed by atoms with van der Waals surface area (Å²) in [4.78, 5) is 29.7. The number of hydrogen-bond donors (Lipinski definition) is 2. The molecule has 0 aliphatic heterocycles. The molecule has 228 valence electrons. The second kappa shape index (κ2) is 15.1. The van der Waals surface area contributed by atoms with Crippen molar-refractivity contribution in [2.45, 2.75) is 84.1 Å². The van der Waals surface area contributed by atoms with Crippen molar-refractivity contribution >= 4 is 28.8 Å². The van der Waals surface area contributed by atoms with Gasteiger partial charge in [0.25, 0.3) is 5.91 Å². The molecule has 4 rings (SSSR count). The minimum atomic E-state index is -1.03. The molecule has 1 unspecified atom stereocenters. The molecule has 1 amide bonds. The van der Waals surface area contributed by atoms with E-state index in [0.29, 0.717) is 18.4 Å².